The molecule has 4 nitrogen and oxygen atoms in total. The van der Waals surface area contributed by atoms with Crippen LogP contribution >= 0.6 is 11.6 Å². The number of halogens is 1. The molecule has 0 saturated carbocycles. The Labute approximate surface area is 162 Å². The molecular weight excluding hydrogens is 346 g/mol. The Hall–Kier alpha value is -2.04. The first-order chi connectivity index (χ1) is 12.7. The molecule has 1 rings (SSSR count). The van der Waals surface area contributed by atoms with Crippen molar-refractivity contribution in [3.05, 3.63) is 65.4 Å². The number of allylic oxidation sites excluding steroid dienone is 5. The number of hydrogen-bond acceptors (Lipinski definition) is 4. The predicted octanol–water partition coefficient (Wildman–Crippen LogP) is 4.74. The van der Waals surface area contributed by atoms with Crippen molar-refractivity contribution >= 4 is 17.8 Å². The molecule has 1 aromatic carbocycles. The summed E-state index contributed by atoms with van der Waals surface area (Å²) in [6.07, 6.45) is 10.8. The first-order valence-corrected chi connectivity index (χ1v) is 9.35. The molecule has 1 N–H and O–H groups in total. The Morgan fingerprint density at radius 2 is 2.12 bits per heavy atom. The second kappa shape index (κ2) is 13.2. The average Bonchev–Trinajstić information content (AvgIpc) is 2.68. The fourth-order valence-electron chi connectivity index (χ4n) is 2.37. The van der Waals surface area contributed by atoms with Gasteiger partial charge in [-0.25, -0.2) is 0 Å². The number of benzene rings is 1. The Balaban J connectivity index is 3.06. The van der Waals surface area contributed by atoms with Crippen LogP contribution in [0.5, 0.6) is 5.75 Å². The van der Waals surface area contributed by atoms with Gasteiger partial charge in [-0.2, -0.15) is 5.10 Å². The van der Waals surface area contributed by atoms with Gasteiger partial charge in [-0.3, -0.25) is 5.01 Å². The first kappa shape index (κ1) is 22.0. The van der Waals surface area contributed by atoms with Crippen molar-refractivity contribution in [2.75, 3.05) is 26.6 Å². The van der Waals surface area contributed by atoms with Crippen LogP contribution in [0.25, 0.3) is 0 Å². The first-order valence-electron chi connectivity index (χ1n) is 8.81. The molecule has 0 aliphatic heterocycles. The molecule has 0 bridgehead atoms. The lowest BCUT2D eigenvalue weighted by Crippen LogP contribution is -2.20. The molecule has 0 spiro atoms. The van der Waals surface area contributed by atoms with Crippen LogP contribution in [0.3, 0.4) is 0 Å². The second-order valence-electron chi connectivity index (χ2n) is 5.63. The molecule has 0 aliphatic rings. The smallest absolute Gasteiger partial charge is 0.119 e. The fraction of sp³-hybridized carbons (Fsp3) is 0.381. The van der Waals surface area contributed by atoms with Gasteiger partial charge >= 0.3 is 0 Å². The van der Waals surface area contributed by atoms with E-state index in [1.54, 1.807) is 7.11 Å². The zero-order valence-electron chi connectivity index (χ0n) is 16.2. The Kier molecular flexibility index (Phi) is 11.2. The summed E-state index contributed by atoms with van der Waals surface area (Å²) >= 11 is 5.73. The van der Waals surface area contributed by atoms with Crippen molar-refractivity contribution in [3.63, 3.8) is 0 Å². The maximum absolute atomic E-state index is 5.73. The molecule has 0 heterocycles. The Morgan fingerprint density at radius 1 is 1.31 bits per heavy atom. The summed E-state index contributed by atoms with van der Waals surface area (Å²) in [4.78, 5) is 0. The van der Waals surface area contributed by atoms with Crippen molar-refractivity contribution < 1.29 is 4.74 Å². The number of methoxy groups -OCH3 is 1. The molecule has 0 radical (unpaired) electrons. The van der Waals surface area contributed by atoms with Gasteiger partial charge in [0.15, 0.2) is 0 Å². The quantitative estimate of drug-likeness (QED) is 0.263. The lowest BCUT2D eigenvalue weighted by atomic mass is 10.2. The molecule has 0 saturated heterocycles. The van der Waals surface area contributed by atoms with Gasteiger partial charge in [-0.15, -0.1) is 11.6 Å². The van der Waals surface area contributed by atoms with Crippen LogP contribution < -0.4 is 10.1 Å². The molecule has 0 unspecified atom stereocenters. The summed E-state index contributed by atoms with van der Waals surface area (Å²) in [5.74, 6) is 1.34. The zero-order chi connectivity index (χ0) is 19.2. The van der Waals surface area contributed by atoms with Gasteiger partial charge < -0.3 is 10.1 Å². The largest absolute Gasteiger partial charge is 0.497 e. The van der Waals surface area contributed by atoms with Crippen LogP contribution in [0.4, 0.5) is 0 Å². The standard InChI is InChI=1S/C21H30ClN3O/c1-5-18(10-8-13-22)16-24-25(20(6-2)12-14-23-3)17-19-9-7-11-21(15-19)26-4/h5-11,15-16,23H,12-14,17H2,1-4H3/b10-8-,18-5+,20-6+,24-16+. The summed E-state index contributed by atoms with van der Waals surface area (Å²) < 4.78 is 5.34. The monoisotopic (exact) mass is 375 g/mol. The van der Waals surface area contributed by atoms with E-state index in [1.165, 1.54) is 0 Å². The van der Waals surface area contributed by atoms with Crippen LogP contribution in [-0.2, 0) is 6.54 Å². The molecule has 142 valence electrons. The van der Waals surface area contributed by atoms with Crippen LogP contribution in [-0.4, -0.2) is 37.8 Å². The highest BCUT2D eigenvalue weighted by Gasteiger charge is 2.09. The van der Waals surface area contributed by atoms with Gasteiger partial charge in [0.25, 0.3) is 0 Å². The third-order valence-corrected chi connectivity index (χ3v) is 4.02. The topological polar surface area (TPSA) is 36.9 Å². The average molecular weight is 376 g/mol. The van der Waals surface area contributed by atoms with Gasteiger partial charge in [0.1, 0.15) is 5.75 Å². The van der Waals surface area contributed by atoms with Crippen molar-refractivity contribution in [3.8, 4) is 5.75 Å². The summed E-state index contributed by atoms with van der Waals surface area (Å²) in [5.41, 5.74) is 3.32. The number of ether oxygens (including phenoxy) is 1. The minimum atomic E-state index is 0.487. The number of rotatable bonds is 11. The van der Waals surface area contributed by atoms with Crippen molar-refractivity contribution in [1.82, 2.24) is 10.3 Å². The molecular formula is C21H30ClN3O. The molecule has 0 amide bonds. The normalized spacial score (nSPS) is 13.0. The summed E-state index contributed by atoms with van der Waals surface area (Å²) in [6.45, 7) is 5.60. The van der Waals surface area contributed by atoms with Gasteiger partial charge in [-0.05, 0) is 44.2 Å². The summed E-state index contributed by atoms with van der Waals surface area (Å²) in [6, 6.07) is 8.07. The maximum Gasteiger partial charge on any atom is 0.119 e. The van der Waals surface area contributed by atoms with E-state index in [9.17, 15) is 0 Å². The summed E-state index contributed by atoms with van der Waals surface area (Å²) in [7, 11) is 3.64. The molecule has 0 aliphatic carbocycles. The van der Waals surface area contributed by atoms with E-state index in [1.807, 2.05) is 68.5 Å². The van der Waals surface area contributed by atoms with E-state index >= 15 is 0 Å². The van der Waals surface area contributed by atoms with Crippen LogP contribution in [0.2, 0.25) is 0 Å². The highest BCUT2D eigenvalue weighted by Crippen LogP contribution is 2.18. The van der Waals surface area contributed by atoms with E-state index in [0.717, 1.165) is 35.5 Å². The van der Waals surface area contributed by atoms with E-state index in [2.05, 4.69) is 17.5 Å². The van der Waals surface area contributed by atoms with Crippen LogP contribution in [0.1, 0.15) is 25.8 Å². The molecule has 0 atom stereocenters. The second-order valence-corrected chi connectivity index (χ2v) is 5.94. The molecule has 0 aromatic heterocycles. The minimum Gasteiger partial charge on any atom is -0.497 e. The number of alkyl halides is 1. The number of hydrazone groups is 1. The van der Waals surface area contributed by atoms with Crippen molar-refractivity contribution in [2.45, 2.75) is 26.8 Å². The SMILES string of the molecule is C/C=C(\C=C/CCl)/C=N/N(Cc1cccc(OC)c1)/C(=C/C)CCNC. The number of nitrogens with zero attached hydrogens (tertiary/aromatic N) is 2. The zero-order valence-corrected chi connectivity index (χ0v) is 17.0. The van der Waals surface area contributed by atoms with Crippen molar-refractivity contribution in [1.29, 1.82) is 0 Å². The van der Waals surface area contributed by atoms with E-state index in [-0.39, 0.29) is 0 Å². The third kappa shape index (κ3) is 7.89. The number of hydrogen-bond donors (Lipinski definition) is 1. The summed E-state index contributed by atoms with van der Waals surface area (Å²) in [5, 5.41) is 9.96. The molecule has 5 heteroatoms. The Bertz CT molecular complexity index is 650. The van der Waals surface area contributed by atoms with E-state index in [4.69, 9.17) is 21.4 Å². The molecule has 0 fully saturated rings. The van der Waals surface area contributed by atoms with Gasteiger partial charge in [0, 0.05) is 24.5 Å². The lowest BCUT2D eigenvalue weighted by Gasteiger charge is -2.23. The predicted molar refractivity (Wildman–Crippen MR) is 113 cm³/mol. The fourth-order valence-corrected chi connectivity index (χ4v) is 2.46. The third-order valence-electron chi connectivity index (χ3n) is 3.84. The Morgan fingerprint density at radius 3 is 2.73 bits per heavy atom. The molecule has 26 heavy (non-hydrogen) atoms. The van der Waals surface area contributed by atoms with Gasteiger partial charge in [-0.1, -0.05) is 36.4 Å². The highest BCUT2D eigenvalue weighted by atomic mass is 35.5. The van der Waals surface area contributed by atoms with E-state index in [0.29, 0.717) is 12.4 Å². The minimum absolute atomic E-state index is 0.487. The van der Waals surface area contributed by atoms with Gasteiger partial charge in [0.2, 0.25) is 0 Å². The maximum atomic E-state index is 5.73. The van der Waals surface area contributed by atoms with Gasteiger partial charge in [0.05, 0.1) is 19.9 Å². The highest BCUT2D eigenvalue weighted by molar-refractivity contribution is 6.18. The van der Waals surface area contributed by atoms with Crippen LogP contribution in [0.15, 0.2) is 64.9 Å². The molecule has 1 aromatic rings. The number of nitrogens with one attached hydrogen (secondary N) is 1. The lowest BCUT2D eigenvalue weighted by molar-refractivity contribution is 0.342. The van der Waals surface area contributed by atoms with Crippen LogP contribution in [0, 0.1) is 0 Å². The van der Waals surface area contributed by atoms with Crippen molar-refractivity contribution in [2.24, 2.45) is 5.10 Å². The van der Waals surface area contributed by atoms with E-state index < -0.39 is 0 Å².